The van der Waals surface area contributed by atoms with Gasteiger partial charge in [-0.05, 0) is 50.1 Å². The number of benzene rings is 2. The van der Waals surface area contributed by atoms with Crippen molar-refractivity contribution in [3.05, 3.63) is 53.1 Å². The number of anilines is 1. The summed E-state index contributed by atoms with van der Waals surface area (Å²) in [5, 5.41) is 17.9. The Morgan fingerprint density at radius 2 is 1.77 bits per heavy atom. The van der Waals surface area contributed by atoms with Crippen molar-refractivity contribution in [2.75, 3.05) is 5.73 Å². The molecule has 0 atom stereocenters. The fraction of sp³-hybridized carbons (Fsp3) is 0.176. The second-order valence-electron chi connectivity index (χ2n) is 5.52. The molecule has 5 nitrogen and oxygen atoms in total. The number of nitrogens with zero attached hydrogens (tertiary/aromatic N) is 3. The Morgan fingerprint density at radius 1 is 1.00 bits per heavy atom. The Bertz CT molecular complexity index is 783. The van der Waals surface area contributed by atoms with Gasteiger partial charge in [0.05, 0.1) is 5.69 Å². The van der Waals surface area contributed by atoms with Crippen LogP contribution < -0.4 is 5.73 Å². The molecule has 22 heavy (non-hydrogen) atoms. The van der Waals surface area contributed by atoms with Crippen molar-refractivity contribution in [3.8, 4) is 22.7 Å². The lowest BCUT2D eigenvalue weighted by atomic mass is 10.0. The van der Waals surface area contributed by atoms with Crippen LogP contribution in [0.25, 0.3) is 16.9 Å². The van der Waals surface area contributed by atoms with Gasteiger partial charge in [0.2, 0.25) is 0 Å². The standard InChI is InChI=1S/C17H18N4O/c1-10-4-6-14(11(2)8-10)16-17(18)21(20-19-16)15-7-5-13(22)9-12(15)3/h4-9,22H,18H2,1-3H3. The molecule has 0 spiro atoms. The van der Waals surface area contributed by atoms with Crippen molar-refractivity contribution in [1.29, 1.82) is 0 Å². The predicted molar refractivity (Wildman–Crippen MR) is 87.1 cm³/mol. The van der Waals surface area contributed by atoms with Gasteiger partial charge < -0.3 is 10.8 Å². The average molecular weight is 294 g/mol. The molecule has 2 aromatic carbocycles. The van der Waals surface area contributed by atoms with Crippen LogP contribution in [0.5, 0.6) is 5.75 Å². The maximum atomic E-state index is 9.52. The monoisotopic (exact) mass is 294 g/mol. The number of hydrogen-bond donors (Lipinski definition) is 2. The van der Waals surface area contributed by atoms with Crippen LogP contribution in [0.2, 0.25) is 0 Å². The van der Waals surface area contributed by atoms with Gasteiger partial charge in [-0.3, -0.25) is 0 Å². The van der Waals surface area contributed by atoms with E-state index < -0.39 is 0 Å². The number of aromatic nitrogens is 3. The van der Waals surface area contributed by atoms with E-state index in [9.17, 15) is 5.11 Å². The average Bonchev–Trinajstić information content (AvgIpc) is 2.81. The molecule has 0 amide bonds. The number of hydrogen-bond acceptors (Lipinski definition) is 4. The second-order valence-corrected chi connectivity index (χ2v) is 5.52. The van der Waals surface area contributed by atoms with Gasteiger partial charge >= 0.3 is 0 Å². The van der Waals surface area contributed by atoms with Crippen molar-refractivity contribution in [2.24, 2.45) is 0 Å². The van der Waals surface area contributed by atoms with Crippen molar-refractivity contribution < 1.29 is 5.11 Å². The maximum absolute atomic E-state index is 9.52. The van der Waals surface area contributed by atoms with Gasteiger partial charge in [0.1, 0.15) is 11.4 Å². The van der Waals surface area contributed by atoms with Crippen LogP contribution in [0.1, 0.15) is 16.7 Å². The first-order valence-corrected chi connectivity index (χ1v) is 7.06. The van der Waals surface area contributed by atoms with Crippen molar-refractivity contribution >= 4 is 5.82 Å². The summed E-state index contributed by atoms with van der Waals surface area (Å²) in [5.41, 5.74) is 11.9. The SMILES string of the molecule is Cc1ccc(-c2nnn(-c3ccc(O)cc3C)c2N)c(C)c1. The minimum absolute atomic E-state index is 0.217. The molecule has 3 rings (SSSR count). The van der Waals surface area contributed by atoms with Gasteiger partial charge in [-0.15, -0.1) is 5.10 Å². The van der Waals surface area contributed by atoms with Gasteiger partial charge in [-0.2, -0.15) is 4.68 Å². The highest BCUT2D eigenvalue weighted by molar-refractivity contribution is 5.74. The molecule has 1 aromatic heterocycles. The molecule has 5 heteroatoms. The third-order valence-corrected chi connectivity index (χ3v) is 3.75. The van der Waals surface area contributed by atoms with E-state index in [1.807, 2.05) is 26.0 Å². The lowest BCUT2D eigenvalue weighted by Gasteiger charge is -2.08. The summed E-state index contributed by atoms with van der Waals surface area (Å²) >= 11 is 0. The van der Waals surface area contributed by atoms with E-state index in [-0.39, 0.29) is 5.75 Å². The molecule has 0 bridgehead atoms. The molecule has 1 heterocycles. The third kappa shape index (κ3) is 2.30. The van der Waals surface area contributed by atoms with Crippen LogP contribution in [0.4, 0.5) is 5.82 Å². The van der Waals surface area contributed by atoms with Crippen LogP contribution in [-0.4, -0.2) is 20.1 Å². The topological polar surface area (TPSA) is 77.0 Å². The first kappa shape index (κ1) is 14.1. The van der Waals surface area contributed by atoms with E-state index in [4.69, 9.17) is 5.73 Å². The number of aromatic hydroxyl groups is 1. The zero-order valence-electron chi connectivity index (χ0n) is 12.8. The van der Waals surface area contributed by atoms with E-state index >= 15 is 0 Å². The Hall–Kier alpha value is -2.82. The zero-order chi connectivity index (χ0) is 15.9. The normalized spacial score (nSPS) is 10.9. The molecule has 0 saturated heterocycles. The number of aryl methyl sites for hydroxylation is 3. The number of nitrogens with two attached hydrogens (primary N) is 1. The Morgan fingerprint density at radius 3 is 2.45 bits per heavy atom. The molecule has 3 aromatic rings. The van der Waals surface area contributed by atoms with Gasteiger partial charge in [-0.25, -0.2) is 0 Å². The lowest BCUT2D eigenvalue weighted by Crippen LogP contribution is -2.04. The van der Waals surface area contributed by atoms with Crippen molar-refractivity contribution in [3.63, 3.8) is 0 Å². The highest BCUT2D eigenvalue weighted by Gasteiger charge is 2.16. The Labute approximate surface area is 129 Å². The summed E-state index contributed by atoms with van der Waals surface area (Å²) < 4.78 is 1.60. The van der Waals surface area contributed by atoms with E-state index in [2.05, 4.69) is 23.3 Å². The van der Waals surface area contributed by atoms with Gasteiger partial charge in [0, 0.05) is 5.56 Å². The summed E-state index contributed by atoms with van der Waals surface area (Å²) in [5.74, 6) is 0.704. The number of nitrogen functional groups attached to an aromatic ring is 1. The maximum Gasteiger partial charge on any atom is 0.155 e. The Kier molecular flexibility index (Phi) is 3.33. The molecule has 0 saturated carbocycles. The zero-order valence-corrected chi connectivity index (χ0v) is 12.8. The molecule has 112 valence electrons. The molecule has 0 unspecified atom stereocenters. The summed E-state index contributed by atoms with van der Waals surface area (Å²) in [6.45, 7) is 5.98. The molecule has 0 aliphatic heterocycles. The molecule has 0 aliphatic rings. The largest absolute Gasteiger partial charge is 0.508 e. The van der Waals surface area contributed by atoms with Crippen LogP contribution in [0.3, 0.4) is 0 Å². The smallest absolute Gasteiger partial charge is 0.155 e. The van der Waals surface area contributed by atoms with Gasteiger partial charge in [0.25, 0.3) is 0 Å². The fourth-order valence-corrected chi connectivity index (χ4v) is 2.62. The van der Waals surface area contributed by atoms with E-state index in [1.54, 1.807) is 22.9 Å². The Balaban J connectivity index is 2.13. The van der Waals surface area contributed by atoms with Crippen LogP contribution in [0, 0.1) is 20.8 Å². The minimum Gasteiger partial charge on any atom is -0.508 e. The van der Waals surface area contributed by atoms with E-state index in [0.717, 1.165) is 22.4 Å². The highest BCUT2D eigenvalue weighted by Crippen LogP contribution is 2.29. The third-order valence-electron chi connectivity index (χ3n) is 3.75. The van der Waals surface area contributed by atoms with E-state index in [1.165, 1.54) is 5.56 Å². The first-order chi connectivity index (χ1) is 10.5. The predicted octanol–water partition coefficient (Wildman–Crippen LogP) is 3.15. The summed E-state index contributed by atoms with van der Waals surface area (Å²) in [7, 11) is 0. The van der Waals surface area contributed by atoms with Gasteiger partial charge in [-0.1, -0.05) is 29.0 Å². The lowest BCUT2D eigenvalue weighted by molar-refractivity contribution is 0.474. The number of phenolic OH excluding ortho intramolecular Hbond substituents is 1. The number of phenols is 1. The minimum atomic E-state index is 0.217. The van der Waals surface area contributed by atoms with E-state index in [0.29, 0.717) is 11.5 Å². The van der Waals surface area contributed by atoms with Crippen LogP contribution in [0.15, 0.2) is 36.4 Å². The molecule has 0 radical (unpaired) electrons. The molecular formula is C17H18N4O. The molecule has 0 aliphatic carbocycles. The second kappa shape index (κ2) is 5.18. The molecule has 0 fully saturated rings. The summed E-state index contributed by atoms with van der Waals surface area (Å²) in [6.07, 6.45) is 0. The summed E-state index contributed by atoms with van der Waals surface area (Å²) in [4.78, 5) is 0. The highest BCUT2D eigenvalue weighted by atomic mass is 16.3. The number of rotatable bonds is 2. The summed E-state index contributed by atoms with van der Waals surface area (Å²) in [6, 6.07) is 11.2. The van der Waals surface area contributed by atoms with Gasteiger partial charge in [0.15, 0.2) is 5.82 Å². The quantitative estimate of drug-likeness (QED) is 0.761. The van der Waals surface area contributed by atoms with Crippen LogP contribution >= 0.6 is 0 Å². The van der Waals surface area contributed by atoms with Crippen LogP contribution in [-0.2, 0) is 0 Å². The molecular weight excluding hydrogens is 276 g/mol. The fourth-order valence-electron chi connectivity index (χ4n) is 2.62. The molecule has 3 N–H and O–H groups in total. The van der Waals surface area contributed by atoms with Crippen molar-refractivity contribution in [2.45, 2.75) is 20.8 Å². The van der Waals surface area contributed by atoms with Crippen molar-refractivity contribution in [1.82, 2.24) is 15.0 Å². The first-order valence-electron chi connectivity index (χ1n) is 7.06.